The maximum Gasteiger partial charge on any atom is 0.254 e. The number of fused-ring (bicyclic) bond motifs is 1. The minimum Gasteiger partial charge on any atom is -0.384 e. The van der Waals surface area contributed by atoms with Crippen molar-refractivity contribution >= 4 is 11.7 Å². The molecule has 1 unspecified atom stereocenters. The molecular formula is C16H24N4O. The van der Waals surface area contributed by atoms with E-state index in [1.807, 2.05) is 11.0 Å². The number of rotatable bonds is 3. The molecule has 1 atom stereocenters. The number of nitrogen functional groups attached to an aromatic ring is 1. The average molecular weight is 288 g/mol. The van der Waals surface area contributed by atoms with Crippen LogP contribution in [0.5, 0.6) is 0 Å². The molecule has 0 spiro atoms. The maximum absolute atomic E-state index is 12.7. The van der Waals surface area contributed by atoms with Crippen molar-refractivity contribution in [3.8, 4) is 0 Å². The monoisotopic (exact) mass is 288 g/mol. The molecule has 3 heterocycles. The van der Waals surface area contributed by atoms with Crippen molar-refractivity contribution in [3.63, 3.8) is 0 Å². The summed E-state index contributed by atoms with van der Waals surface area (Å²) in [6.45, 7) is 5.96. The standard InChI is InChI=1S/C16H24N4O/c1-2-4-13-9-12(10-15(17)18-13)16(21)20-8-7-19-6-3-5-14(19)11-20/h9-10,14H,2-8,11H2,1H3,(H2,17,18). The summed E-state index contributed by atoms with van der Waals surface area (Å²) in [4.78, 5) is 21.5. The van der Waals surface area contributed by atoms with E-state index in [9.17, 15) is 4.79 Å². The first kappa shape index (κ1) is 14.3. The molecule has 1 aromatic heterocycles. The van der Waals surface area contributed by atoms with E-state index in [1.54, 1.807) is 6.07 Å². The quantitative estimate of drug-likeness (QED) is 0.916. The Hall–Kier alpha value is -1.62. The third-order valence-corrected chi connectivity index (χ3v) is 4.53. The molecule has 3 rings (SSSR count). The van der Waals surface area contributed by atoms with Crippen LogP contribution in [0.4, 0.5) is 5.82 Å². The second-order valence-electron chi connectivity index (χ2n) is 6.11. The minimum absolute atomic E-state index is 0.105. The summed E-state index contributed by atoms with van der Waals surface area (Å²) in [6, 6.07) is 4.17. The first-order valence-electron chi connectivity index (χ1n) is 7.97. The van der Waals surface area contributed by atoms with Gasteiger partial charge in [0.25, 0.3) is 5.91 Å². The predicted molar refractivity (Wildman–Crippen MR) is 83.1 cm³/mol. The molecule has 0 aliphatic carbocycles. The molecule has 0 aromatic carbocycles. The van der Waals surface area contributed by atoms with E-state index in [4.69, 9.17) is 5.73 Å². The number of hydrogen-bond acceptors (Lipinski definition) is 4. The Morgan fingerprint density at radius 1 is 1.38 bits per heavy atom. The molecule has 1 aromatic rings. The lowest BCUT2D eigenvalue weighted by atomic mass is 10.1. The number of aryl methyl sites for hydroxylation is 1. The molecule has 21 heavy (non-hydrogen) atoms. The van der Waals surface area contributed by atoms with E-state index in [-0.39, 0.29) is 5.91 Å². The number of nitrogens with zero attached hydrogens (tertiary/aromatic N) is 3. The summed E-state index contributed by atoms with van der Waals surface area (Å²) < 4.78 is 0. The van der Waals surface area contributed by atoms with Gasteiger partial charge in [0.2, 0.25) is 0 Å². The SMILES string of the molecule is CCCc1cc(C(=O)N2CCN3CCCC3C2)cc(N)n1. The van der Waals surface area contributed by atoms with Gasteiger partial charge in [-0.2, -0.15) is 0 Å². The lowest BCUT2D eigenvalue weighted by Gasteiger charge is -2.37. The van der Waals surface area contributed by atoms with E-state index < -0.39 is 0 Å². The molecule has 5 heteroatoms. The normalized spacial score (nSPS) is 22.3. The third kappa shape index (κ3) is 3.02. The Kier molecular flexibility index (Phi) is 4.10. The molecule has 2 aliphatic heterocycles. The van der Waals surface area contributed by atoms with Gasteiger partial charge in [-0.15, -0.1) is 0 Å². The maximum atomic E-state index is 12.7. The number of pyridine rings is 1. The van der Waals surface area contributed by atoms with Crippen LogP contribution in [0.3, 0.4) is 0 Å². The molecule has 0 radical (unpaired) electrons. The number of nitrogens with two attached hydrogens (primary N) is 1. The smallest absolute Gasteiger partial charge is 0.254 e. The van der Waals surface area contributed by atoms with Gasteiger partial charge in [0.15, 0.2) is 0 Å². The zero-order valence-electron chi connectivity index (χ0n) is 12.7. The van der Waals surface area contributed by atoms with Crippen LogP contribution in [-0.4, -0.2) is 52.9 Å². The highest BCUT2D eigenvalue weighted by atomic mass is 16.2. The van der Waals surface area contributed by atoms with E-state index in [0.717, 1.165) is 38.2 Å². The second-order valence-corrected chi connectivity index (χ2v) is 6.11. The van der Waals surface area contributed by atoms with Gasteiger partial charge in [-0.3, -0.25) is 9.69 Å². The molecule has 2 N–H and O–H groups in total. The second kappa shape index (κ2) is 6.02. The zero-order chi connectivity index (χ0) is 14.8. The van der Waals surface area contributed by atoms with Gasteiger partial charge < -0.3 is 10.6 Å². The Bertz CT molecular complexity index is 531. The van der Waals surface area contributed by atoms with Crippen LogP contribution in [0.1, 0.15) is 42.2 Å². The molecule has 2 fully saturated rings. The van der Waals surface area contributed by atoms with Gasteiger partial charge in [0.1, 0.15) is 5.82 Å². The van der Waals surface area contributed by atoms with Crippen molar-refractivity contribution in [3.05, 3.63) is 23.4 Å². The number of aromatic nitrogens is 1. The predicted octanol–water partition coefficient (Wildman–Crippen LogP) is 1.54. The van der Waals surface area contributed by atoms with Gasteiger partial charge in [-0.25, -0.2) is 4.98 Å². The number of piperazine rings is 1. The van der Waals surface area contributed by atoms with Crippen molar-refractivity contribution in [2.75, 3.05) is 31.9 Å². The van der Waals surface area contributed by atoms with E-state index in [2.05, 4.69) is 16.8 Å². The average Bonchev–Trinajstić information content (AvgIpc) is 2.93. The van der Waals surface area contributed by atoms with Gasteiger partial charge in [0, 0.05) is 36.9 Å². The van der Waals surface area contributed by atoms with Gasteiger partial charge in [0.05, 0.1) is 0 Å². The summed E-state index contributed by atoms with van der Waals surface area (Å²) in [5, 5.41) is 0. The van der Waals surface area contributed by atoms with Crippen LogP contribution < -0.4 is 5.73 Å². The highest BCUT2D eigenvalue weighted by molar-refractivity contribution is 5.95. The minimum atomic E-state index is 0.105. The molecule has 0 bridgehead atoms. The van der Waals surface area contributed by atoms with Crippen LogP contribution in [0.15, 0.2) is 12.1 Å². The fourth-order valence-corrected chi connectivity index (χ4v) is 3.48. The van der Waals surface area contributed by atoms with Crippen LogP contribution in [0, 0.1) is 0 Å². The highest BCUT2D eigenvalue weighted by Gasteiger charge is 2.32. The number of hydrogen-bond donors (Lipinski definition) is 1. The molecule has 5 nitrogen and oxygen atoms in total. The summed E-state index contributed by atoms with van der Waals surface area (Å²) in [6.07, 6.45) is 4.34. The van der Waals surface area contributed by atoms with Crippen LogP contribution in [0.2, 0.25) is 0 Å². The number of carbonyl (C=O) groups is 1. The van der Waals surface area contributed by atoms with Gasteiger partial charge in [-0.05, 0) is 37.9 Å². The Labute approximate surface area is 126 Å². The number of anilines is 1. The Morgan fingerprint density at radius 2 is 2.24 bits per heavy atom. The first-order chi connectivity index (χ1) is 10.2. The molecular weight excluding hydrogens is 264 g/mol. The zero-order valence-corrected chi connectivity index (χ0v) is 12.7. The van der Waals surface area contributed by atoms with Crippen LogP contribution in [0.25, 0.3) is 0 Å². The van der Waals surface area contributed by atoms with Crippen molar-refractivity contribution in [2.24, 2.45) is 0 Å². The fraction of sp³-hybridized carbons (Fsp3) is 0.625. The summed E-state index contributed by atoms with van der Waals surface area (Å²) in [7, 11) is 0. The van der Waals surface area contributed by atoms with Crippen molar-refractivity contribution < 1.29 is 4.79 Å². The van der Waals surface area contributed by atoms with Crippen molar-refractivity contribution in [1.82, 2.24) is 14.8 Å². The Morgan fingerprint density at radius 3 is 3.05 bits per heavy atom. The van der Waals surface area contributed by atoms with Crippen LogP contribution in [-0.2, 0) is 6.42 Å². The third-order valence-electron chi connectivity index (χ3n) is 4.53. The molecule has 2 saturated heterocycles. The van der Waals surface area contributed by atoms with E-state index in [0.29, 0.717) is 17.4 Å². The summed E-state index contributed by atoms with van der Waals surface area (Å²) >= 11 is 0. The largest absolute Gasteiger partial charge is 0.384 e. The lowest BCUT2D eigenvalue weighted by molar-refractivity contribution is 0.0571. The topological polar surface area (TPSA) is 62.5 Å². The molecule has 0 saturated carbocycles. The molecule has 114 valence electrons. The van der Waals surface area contributed by atoms with Crippen molar-refractivity contribution in [2.45, 2.75) is 38.6 Å². The van der Waals surface area contributed by atoms with E-state index in [1.165, 1.54) is 19.4 Å². The van der Waals surface area contributed by atoms with Gasteiger partial charge >= 0.3 is 0 Å². The van der Waals surface area contributed by atoms with Gasteiger partial charge in [-0.1, -0.05) is 13.3 Å². The highest BCUT2D eigenvalue weighted by Crippen LogP contribution is 2.23. The lowest BCUT2D eigenvalue weighted by Crippen LogP contribution is -2.52. The Balaban J connectivity index is 1.75. The number of carbonyl (C=O) groups excluding carboxylic acids is 1. The molecule has 2 aliphatic rings. The van der Waals surface area contributed by atoms with E-state index >= 15 is 0 Å². The number of amides is 1. The summed E-state index contributed by atoms with van der Waals surface area (Å²) in [5.74, 6) is 0.553. The fourth-order valence-electron chi connectivity index (χ4n) is 3.48. The first-order valence-corrected chi connectivity index (χ1v) is 7.97. The van der Waals surface area contributed by atoms with Crippen LogP contribution >= 0.6 is 0 Å². The van der Waals surface area contributed by atoms with Crippen molar-refractivity contribution in [1.29, 1.82) is 0 Å². The summed E-state index contributed by atoms with van der Waals surface area (Å²) in [5.41, 5.74) is 7.46. The molecule has 1 amide bonds.